The molecule has 0 spiro atoms. The van der Waals surface area contributed by atoms with Gasteiger partial charge in [-0.15, -0.1) is 0 Å². The van der Waals surface area contributed by atoms with E-state index in [-0.39, 0.29) is 19.1 Å². The maximum atomic E-state index is 12.5. The van der Waals surface area contributed by atoms with Crippen molar-refractivity contribution in [2.75, 3.05) is 18.5 Å². The normalized spacial score (nSPS) is 11.4. The maximum Gasteiger partial charge on any atom is 0.255 e. The molecule has 0 fully saturated rings. The molecule has 0 saturated heterocycles. The second-order valence-electron chi connectivity index (χ2n) is 5.77. The first-order valence-corrected chi connectivity index (χ1v) is 8.21. The van der Waals surface area contributed by atoms with Gasteiger partial charge in [0.25, 0.3) is 5.91 Å². The fraction of sp³-hybridized carbons (Fsp3) is 0.0952. The molecule has 0 aromatic heterocycles. The van der Waals surface area contributed by atoms with Gasteiger partial charge in [-0.25, -0.2) is 4.39 Å². The second-order valence-corrected chi connectivity index (χ2v) is 5.77. The van der Waals surface area contributed by atoms with Crippen LogP contribution in [0.2, 0.25) is 0 Å². The lowest BCUT2D eigenvalue weighted by atomic mass is 10.1. The highest BCUT2D eigenvalue weighted by Crippen LogP contribution is 2.23. The van der Waals surface area contributed by atoms with Gasteiger partial charge in [-0.2, -0.15) is 0 Å². The van der Waals surface area contributed by atoms with E-state index in [0.29, 0.717) is 23.2 Å². The number of benzene rings is 3. The molecule has 0 saturated carbocycles. The van der Waals surface area contributed by atoms with E-state index in [2.05, 4.69) is 5.32 Å². The minimum absolute atomic E-state index is 0.0779. The van der Waals surface area contributed by atoms with Crippen LogP contribution in [-0.4, -0.2) is 19.1 Å². The standard InChI is InChI=1S/C21H19FN2O2/c22-12-15(13-23)14-26-18-10-8-17(9-11-18)21(25)24-20-7-3-5-16-4-1-2-6-19(16)20/h1-12H,13-14,23H2,(H,24,25). The third kappa shape index (κ3) is 4.07. The molecule has 0 radical (unpaired) electrons. The molecular formula is C21H19FN2O2. The first kappa shape index (κ1) is 17.6. The van der Waals surface area contributed by atoms with Gasteiger partial charge in [-0.3, -0.25) is 4.79 Å². The highest BCUT2D eigenvalue weighted by atomic mass is 19.1. The van der Waals surface area contributed by atoms with E-state index in [4.69, 9.17) is 10.5 Å². The summed E-state index contributed by atoms with van der Waals surface area (Å²) in [5, 5.41) is 4.98. The first-order valence-electron chi connectivity index (χ1n) is 8.21. The number of amides is 1. The summed E-state index contributed by atoms with van der Waals surface area (Å²) in [6.45, 7) is 0.177. The van der Waals surface area contributed by atoms with Gasteiger partial charge in [0.2, 0.25) is 0 Å². The molecule has 0 aliphatic carbocycles. The maximum absolute atomic E-state index is 12.5. The van der Waals surface area contributed by atoms with Crippen LogP contribution < -0.4 is 15.8 Å². The van der Waals surface area contributed by atoms with E-state index in [1.54, 1.807) is 24.3 Å². The molecule has 26 heavy (non-hydrogen) atoms. The highest BCUT2D eigenvalue weighted by Gasteiger charge is 2.08. The quantitative estimate of drug-likeness (QED) is 0.697. The first-order chi connectivity index (χ1) is 12.7. The van der Waals surface area contributed by atoms with Crippen LogP contribution in [0, 0.1) is 0 Å². The van der Waals surface area contributed by atoms with Gasteiger partial charge in [-0.05, 0) is 35.7 Å². The van der Waals surface area contributed by atoms with E-state index < -0.39 is 0 Å². The molecule has 1 amide bonds. The zero-order valence-corrected chi connectivity index (χ0v) is 14.1. The average molecular weight is 350 g/mol. The van der Waals surface area contributed by atoms with Crippen molar-refractivity contribution in [3.8, 4) is 5.75 Å². The zero-order valence-electron chi connectivity index (χ0n) is 14.1. The molecule has 0 atom stereocenters. The summed E-state index contributed by atoms with van der Waals surface area (Å²) in [7, 11) is 0. The fourth-order valence-corrected chi connectivity index (χ4v) is 2.54. The Bertz CT molecular complexity index is 931. The van der Waals surface area contributed by atoms with Crippen molar-refractivity contribution < 1.29 is 13.9 Å². The predicted molar refractivity (Wildman–Crippen MR) is 102 cm³/mol. The van der Waals surface area contributed by atoms with Crippen molar-refractivity contribution >= 4 is 22.4 Å². The van der Waals surface area contributed by atoms with Gasteiger partial charge in [0.1, 0.15) is 12.4 Å². The largest absolute Gasteiger partial charge is 0.489 e. The Morgan fingerprint density at radius 2 is 1.77 bits per heavy atom. The number of ether oxygens (including phenoxy) is 1. The van der Waals surface area contributed by atoms with Crippen molar-refractivity contribution in [1.29, 1.82) is 0 Å². The molecule has 0 bridgehead atoms. The van der Waals surface area contributed by atoms with E-state index in [1.165, 1.54) is 0 Å². The van der Waals surface area contributed by atoms with E-state index in [1.807, 2.05) is 42.5 Å². The number of carbonyl (C=O) groups is 1. The third-order valence-electron chi connectivity index (χ3n) is 4.00. The predicted octanol–water partition coefficient (Wildman–Crippen LogP) is 4.28. The summed E-state index contributed by atoms with van der Waals surface area (Å²) in [5.74, 6) is 0.332. The smallest absolute Gasteiger partial charge is 0.255 e. The number of halogens is 1. The highest BCUT2D eigenvalue weighted by molar-refractivity contribution is 6.09. The van der Waals surface area contributed by atoms with Crippen molar-refractivity contribution in [2.24, 2.45) is 5.73 Å². The summed E-state index contributed by atoms with van der Waals surface area (Å²) < 4.78 is 17.9. The van der Waals surface area contributed by atoms with Crippen molar-refractivity contribution in [1.82, 2.24) is 0 Å². The Labute approximate surface area is 151 Å². The Kier molecular flexibility index (Phi) is 5.61. The lowest BCUT2D eigenvalue weighted by Crippen LogP contribution is -2.12. The van der Waals surface area contributed by atoms with Crippen molar-refractivity contribution in [3.05, 3.63) is 84.2 Å². The van der Waals surface area contributed by atoms with Gasteiger partial charge in [0.05, 0.1) is 6.33 Å². The average Bonchev–Trinajstić information content (AvgIpc) is 2.69. The Hall–Kier alpha value is -3.18. The monoisotopic (exact) mass is 350 g/mol. The summed E-state index contributed by atoms with van der Waals surface area (Å²) in [6, 6.07) is 20.3. The van der Waals surface area contributed by atoms with Crippen molar-refractivity contribution in [3.63, 3.8) is 0 Å². The number of rotatable bonds is 6. The van der Waals surface area contributed by atoms with E-state index in [0.717, 1.165) is 16.5 Å². The van der Waals surface area contributed by atoms with Crippen LogP contribution in [0.15, 0.2) is 78.6 Å². The molecule has 3 rings (SSSR count). The Morgan fingerprint density at radius 3 is 2.50 bits per heavy atom. The lowest BCUT2D eigenvalue weighted by molar-refractivity contribution is 0.102. The van der Waals surface area contributed by atoms with Crippen LogP contribution in [-0.2, 0) is 0 Å². The number of hydrogen-bond donors (Lipinski definition) is 2. The molecule has 0 aliphatic heterocycles. The molecule has 3 aromatic carbocycles. The SMILES string of the molecule is NCC(=CF)COc1ccc(C(=O)Nc2cccc3ccccc23)cc1. The summed E-state index contributed by atoms with van der Waals surface area (Å²) >= 11 is 0. The number of fused-ring (bicyclic) bond motifs is 1. The molecule has 0 heterocycles. The van der Waals surface area contributed by atoms with Gasteiger partial charge < -0.3 is 15.8 Å². The molecule has 5 heteroatoms. The van der Waals surface area contributed by atoms with Crippen LogP contribution >= 0.6 is 0 Å². The number of carbonyl (C=O) groups excluding carboxylic acids is 1. The molecule has 0 aliphatic rings. The van der Waals surface area contributed by atoms with Crippen LogP contribution in [0.4, 0.5) is 10.1 Å². The van der Waals surface area contributed by atoms with Crippen LogP contribution in [0.5, 0.6) is 5.75 Å². The van der Waals surface area contributed by atoms with Gasteiger partial charge in [0, 0.05) is 28.8 Å². The molecule has 3 N–H and O–H groups in total. The molecule has 3 aromatic rings. The molecular weight excluding hydrogens is 331 g/mol. The number of hydrogen-bond acceptors (Lipinski definition) is 3. The zero-order chi connectivity index (χ0) is 18.4. The summed E-state index contributed by atoms with van der Waals surface area (Å²) in [6.07, 6.45) is 0.450. The minimum Gasteiger partial charge on any atom is -0.489 e. The summed E-state index contributed by atoms with van der Waals surface area (Å²) in [5.41, 5.74) is 7.01. The van der Waals surface area contributed by atoms with Crippen LogP contribution in [0.3, 0.4) is 0 Å². The topological polar surface area (TPSA) is 64.3 Å². The van der Waals surface area contributed by atoms with Crippen LogP contribution in [0.1, 0.15) is 10.4 Å². The second kappa shape index (κ2) is 8.27. The van der Waals surface area contributed by atoms with E-state index >= 15 is 0 Å². The number of nitrogens with one attached hydrogen (secondary N) is 1. The van der Waals surface area contributed by atoms with E-state index in [9.17, 15) is 9.18 Å². The lowest BCUT2D eigenvalue weighted by Gasteiger charge is -2.10. The Balaban J connectivity index is 1.70. The fourth-order valence-electron chi connectivity index (χ4n) is 2.54. The number of nitrogens with two attached hydrogens (primary N) is 1. The summed E-state index contributed by atoms with van der Waals surface area (Å²) in [4.78, 5) is 12.5. The minimum atomic E-state index is -0.209. The molecule has 132 valence electrons. The van der Waals surface area contributed by atoms with Gasteiger partial charge >= 0.3 is 0 Å². The third-order valence-corrected chi connectivity index (χ3v) is 4.00. The number of anilines is 1. The van der Waals surface area contributed by atoms with Crippen LogP contribution in [0.25, 0.3) is 10.8 Å². The molecule has 4 nitrogen and oxygen atoms in total. The molecule has 0 unspecified atom stereocenters. The van der Waals surface area contributed by atoms with Gasteiger partial charge in [0.15, 0.2) is 0 Å². The van der Waals surface area contributed by atoms with Crippen molar-refractivity contribution in [2.45, 2.75) is 0 Å². The van der Waals surface area contributed by atoms with Gasteiger partial charge in [-0.1, -0.05) is 36.4 Å². The Morgan fingerprint density at radius 1 is 1.04 bits per heavy atom.